The van der Waals surface area contributed by atoms with E-state index >= 15 is 0 Å². The molecule has 0 aliphatic heterocycles. The number of amides is 1. The molecule has 0 aliphatic rings. The summed E-state index contributed by atoms with van der Waals surface area (Å²) in [6.07, 6.45) is 0. The van der Waals surface area contributed by atoms with Crippen molar-refractivity contribution in [1.29, 1.82) is 0 Å². The first-order valence-electron chi connectivity index (χ1n) is 5.33. The lowest BCUT2D eigenvalue weighted by Gasteiger charge is -2.14. The summed E-state index contributed by atoms with van der Waals surface area (Å²) in [5.41, 5.74) is 7.33. The first-order valence-corrected chi connectivity index (χ1v) is 5.33. The standard InChI is InChI=1S/C12H19N3O/c1-9(8-13)12(16)14-10-4-6-11(7-5-10)15(2)3/h4-7,9H,8,13H2,1-3H3,(H,14,16). The van der Waals surface area contributed by atoms with Gasteiger partial charge in [-0.3, -0.25) is 4.79 Å². The van der Waals surface area contributed by atoms with Crippen molar-refractivity contribution < 1.29 is 4.79 Å². The van der Waals surface area contributed by atoms with Gasteiger partial charge in [-0.05, 0) is 24.3 Å². The molecule has 0 radical (unpaired) electrons. The van der Waals surface area contributed by atoms with E-state index in [1.165, 1.54) is 0 Å². The Morgan fingerprint density at radius 2 is 1.94 bits per heavy atom. The summed E-state index contributed by atoms with van der Waals surface area (Å²) in [4.78, 5) is 13.6. The summed E-state index contributed by atoms with van der Waals surface area (Å²) in [5, 5.41) is 2.82. The SMILES string of the molecule is CC(CN)C(=O)Nc1ccc(N(C)C)cc1. The van der Waals surface area contributed by atoms with Crippen LogP contribution in [0.25, 0.3) is 0 Å². The van der Waals surface area contributed by atoms with E-state index in [2.05, 4.69) is 5.32 Å². The van der Waals surface area contributed by atoms with Gasteiger partial charge in [0, 0.05) is 37.9 Å². The van der Waals surface area contributed by atoms with Crippen LogP contribution in [0.5, 0.6) is 0 Å². The van der Waals surface area contributed by atoms with Crippen molar-refractivity contribution in [1.82, 2.24) is 0 Å². The van der Waals surface area contributed by atoms with Gasteiger partial charge in [0.1, 0.15) is 0 Å². The molecule has 1 atom stereocenters. The van der Waals surface area contributed by atoms with Gasteiger partial charge in [-0.1, -0.05) is 6.92 Å². The molecule has 0 saturated carbocycles. The Hall–Kier alpha value is -1.55. The van der Waals surface area contributed by atoms with Crippen molar-refractivity contribution in [2.75, 3.05) is 30.9 Å². The highest BCUT2D eigenvalue weighted by Crippen LogP contribution is 2.16. The molecule has 0 spiro atoms. The van der Waals surface area contributed by atoms with Crippen molar-refractivity contribution in [3.63, 3.8) is 0 Å². The van der Waals surface area contributed by atoms with Gasteiger partial charge in [-0.15, -0.1) is 0 Å². The molecule has 0 aliphatic carbocycles. The minimum atomic E-state index is -0.159. The number of carbonyl (C=O) groups is 1. The average Bonchev–Trinajstić information content (AvgIpc) is 2.28. The molecule has 0 aromatic heterocycles. The molecule has 1 rings (SSSR count). The van der Waals surface area contributed by atoms with Crippen molar-refractivity contribution in [3.05, 3.63) is 24.3 Å². The molecule has 0 saturated heterocycles. The quantitative estimate of drug-likeness (QED) is 0.805. The van der Waals surface area contributed by atoms with Crippen LogP contribution in [0.4, 0.5) is 11.4 Å². The maximum atomic E-state index is 11.6. The fourth-order valence-electron chi connectivity index (χ4n) is 1.22. The van der Waals surface area contributed by atoms with E-state index in [9.17, 15) is 4.79 Å². The highest BCUT2D eigenvalue weighted by molar-refractivity contribution is 5.92. The molecule has 88 valence electrons. The molecular weight excluding hydrogens is 202 g/mol. The largest absolute Gasteiger partial charge is 0.378 e. The monoisotopic (exact) mass is 221 g/mol. The molecule has 16 heavy (non-hydrogen) atoms. The van der Waals surface area contributed by atoms with E-state index in [4.69, 9.17) is 5.73 Å². The van der Waals surface area contributed by atoms with Crippen LogP contribution in [0, 0.1) is 5.92 Å². The number of hydrogen-bond donors (Lipinski definition) is 2. The number of nitrogens with two attached hydrogens (primary N) is 1. The van der Waals surface area contributed by atoms with E-state index in [0.29, 0.717) is 6.54 Å². The number of nitrogens with zero attached hydrogens (tertiary/aromatic N) is 1. The van der Waals surface area contributed by atoms with Gasteiger partial charge in [0.15, 0.2) is 0 Å². The summed E-state index contributed by atoms with van der Waals surface area (Å²) in [7, 11) is 3.95. The van der Waals surface area contributed by atoms with E-state index in [1.807, 2.05) is 50.2 Å². The van der Waals surface area contributed by atoms with Crippen molar-refractivity contribution >= 4 is 17.3 Å². The highest BCUT2D eigenvalue weighted by atomic mass is 16.1. The smallest absolute Gasteiger partial charge is 0.228 e. The van der Waals surface area contributed by atoms with Gasteiger partial charge < -0.3 is 16.0 Å². The molecular formula is C12H19N3O. The third-order valence-electron chi connectivity index (χ3n) is 2.45. The molecule has 1 aromatic carbocycles. The van der Waals surface area contributed by atoms with E-state index in [1.54, 1.807) is 0 Å². The Labute approximate surface area is 96.4 Å². The van der Waals surface area contributed by atoms with E-state index in [-0.39, 0.29) is 11.8 Å². The van der Waals surface area contributed by atoms with E-state index in [0.717, 1.165) is 11.4 Å². The Kier molecular flexibility index (Phi) is 4.31. The lowest BCUT2D eigenvalue weighted by molar-refractivity contribution is -0.119. The highest BCUT2D eigenvalue weighted by Gasteiger charge is 2.10. The topological polar surface area (TPSA) is 58.4 Å². The zero-order chi connectivity index (χ0) is 12.1. The van der Waals surface area contributed by atoms with Gasteiger partial charge >= 0.3 is 0 Å². The molecule has 4 nitrogen and oxygen atoms in total. The number of hydrogen-bond acceptors (Lipinski definition) is 3. The maximum Gasteiger partial charge on any atom is 0.228 e. The van der Waals surface area contributed by atoms with Gasteiger partial charge in [-0.25, -0.2) is 0 Å². The molecule has 0 fully saturated rings. The van der Waals surface area contributed by atoms with Gasteiger partial charge in [0.05, 0.1) is 0 Å². The molecule has 1 unspecified atom stereocenters. The number of anilines is 2. The molecule has 1 aromatic rings. The average molecular weight is 221 g/mol. The van der Waals surface area contributed by atoms with Crippen LogP contribution in [-0.4, -0.2) is 26.5 Å². The first-order chi connectivity index (χ1) is 7.54. The van der Waals surface area contributed by atoms with Crippen LogP contribution in [0.3, 0.4) is 0 Å². The number of benzene rings is 1. The third kappa shape index (κ3) is 3.24. The molecule has 1 amide bonds. The predicted octanol–water partition coefficient (Wildman–Crippen LogP) is 1.29. The van der Waals surface area contributed by atoms with Crippen molar-refractivity contribution in [2.45, 2.75) is 6.92 Å². The second kappa shape index (κ2) is 5.51. The Balaban J connectivity index is 2.65. The van der Waals surface area contributed by atoms with E-state index < -0.39 is 0 Å². The second-order valence-corrected chi connectivity index (χ2v) is 4.07. The molecule has 0 bridgehead atoms. The van der Waals surface area contributed by atoms with Gasteiger partial charge in [0.2, 0.25) is 5.91 Å². The fraction of sp³-hybridized carbons (Fsp3) is 0.417. The molecule has 4 heteroatoms. The normalized spacial score (nSPS) is 12.0. The minimum absolute atomic E-state index is 0.0416. The zero-order valence-corrected chi connectivity index (χ0v) is 10.0. The minimum Gasteiger partial charge on any atom is -0.378 e. The van der Waals surface area contributed by atoms with Crippen LogP contribution in [0.2, 0.25) is 0 Å². The fourth-order valence-corrected chi connectivity index (χ4v) is 1.22. The lowest BCUT2D eigenvalue weighted by Crippen LogP contribution is -2.26. The second-order valence-electron chi connectivity index (χ2n) is 4.07. The Morgan fingerprint density at radius 1 is 1.38 bits per heavy atom. The van der Waals surface area contributed by atoms with Gasteiger partial charge in [-0.2, -0.15) is 0 Å². The predicted molar refractivity (Wildman–Crippen MR) is 67.6 cm³/mol. The summed E-state index contributed by atoms with van der Waals surface area (Å²) in [6, 6.07) is 7.69. The van der Waals surface area contributed by atoms with Crippen molar-refractivity contribution in [2.24, 2.45) is 11.7 Å². The summed E-state index contributed by atoms with van der Waals surface area (Å²) >= 11 is 0. The number of nitrogens with one attached hydrogen (secondary N) is 1. The molecule has 0 heterocycles. The van der Waals surface area contributed by atoms with Crippen LogP contribution in [0.1, 0.15) is 6.92 Å². The van der Waals surface area contributed by atoms with Gasteiger partial charge in [0.25, 0.3) is 0 Å². The number of carbonyl (C=O) groups excluding carboxylic acids is 1. The van der Waals surface area contributed by atoms with Crippen LogP contribution in [0.15, 0.2) is 24.3 Å². The third-order valence-corrected chi connectivity index (χ3v) is 2.45. The van der Waals surface area contributed by atoms with Crippen molar-refractivity contribution in [3.8, 4) is 0 Å². The summed E-state index contributed by atoms with van der Waals surface area (Å²) < 4.78 is 0. The lowest BCUT2D eigenvalue weighted by atomic mass is 10.1. The zero-order valence-electron chi connectivity index (χ0n) is 10.0. The van der Waals surface area contributed by atoms with Crippen LogP contribution >= 0.6 is 0 Å². The Morgan fingerprint density at radius 3 is 2.38 bits per heavy atom. The number of rotatable bonds is 4. The summed E-state index contributed by atoms with van der Waals surface area (Å²) in [5.74, 6) is -0.200. The van der Waals surface area contributed by atoms with Crippen LogP contribution < -0.4 is 16.0 Å². The summed E-state index contributed by atoms with van der Waals surface area (Å²) in [6.45, 7) is 2.17. The molecule has 3 N–H and O–H groups in total. The maximum absolute atomic E-state index is 11.6. The van der Waals surface area contributed by atoms with Crippen LogP contribution in [-0.2, 0) is 4.79 Å². The first kappa shape index (κ1) is 12.5. The Bertz CT molecular complexity index is 346.